The van der Waals surface area contributed by atoms with Crippen LogP contribution in [0, 0.1) is 0 Å². The molecule has 1 aromatic heterocycles. The van der Waals surface area contributed by atoms with Crippen molar-refractivity contribution in [3.63, 3.8) is 0 Å². The van der Waals surface area contributed by atoms with Gasteiger partial charge >= 0.3 is 0 Å². The maximum absolute atomic E-state index is 11.5. The van der Waals surface area contributed by atoms with E-state index in [-0.39, 0.29) is 11.6 Å². The fourth-order valence-electron chi connectivity index (χ4n) is 1.43. The fourth-order valence-corrected chi connectivity index (χ4v) is 2.58. The molecule has 0 saturated carbocycles. The van der Waals surface area contributed by atoms with Crippen LogP contribution in [0.3, 0.4) is 0 Å². The number of carbonyl (C=O) groups is 2. The van der Waals surface area contributed by atoms with E-state index in [0.717, 1.165) is 6.29 Å². The Morgan fingerprint density at radius 3 is 2.86 bits per heavy atom. The summed E-state index contributed by atoms with van der Waals surface area (Å²) in [4.78, 5) is 32.6. The largest absolute Gasteiger partial charge is 0.301 e. The lowest BCUT2D eigenvalue weighted by Gasteiger charge is -2.05. The Bertz CT molecular complexity index is 452. The summed E-state index contributed by atoms with van der Waals surface area (Å²) in [7, 11) is 0. The Kier molecular flexibility index (Phi) is 2.25. The quantitative estimate of drug-likeness (QED) is 0.666. The van der Waals surface area contributed by atoms with Crippen LogP contribution in [0.4, 0.5) is 0 Å². The number of hydrogen-bond donors (Lipinski definition) is 0. The first kappa shape index (κ1) is 9.21. The van der Waals surface area contributed by atoms with Crippen molar-refractivity contribution in [3.05, 3.63) is 28.0 Å². The number of fused-ring (bicyclic) bond motifs is 1. The van der Waals surface area contributed by atoms with E-state index in [2.05, 4.69) is 0 Å². The minimum absolute atomic E-state index is 0.285. The second-order valence-corrected chi connectivity index (χ2v) is 4.01. The first-order valence-electron chi connectivity index (χ1n) is 4.06. The minimum atomic E-state index is -0.386. The lowest BCUT2D eigenvalue weighted by molar-refractivity contribution is -0.110. The summed E-state index contributed by atoms with van der Waals surface area (Å²) in [6, 6.07) is 2.49. The Morgan fingerprint density at radius 1 is 1.43 bits per heavy atom. The van der Waals surface area contributed by atoms with Gasteiger partial charge in [-0.25, -0.2) is 0 Å². The van der Waals surface area contributed by atoms with Crippen molar-refractivity contribution in [2.24, 2.45) is 0 Å². The Labute approximate surface area is 83.9 Å². The van der Waals surface area contributed by atoms with Crippen molar-refractivity contribution in [2.75, 3.05) is 5.75 Å². The molecule has 4 nitrogen and oxygen atoms in total. The summed E-state index contributed by atoms with van der Waals surface area (Å²) in [5.74, 6) is 0.570. The Balaban J connectivity index is 2.63. The third kappa shape index (κ3) is 1.29. The molecule has 0 saturated heterocycles. The van der Waals surface area contributed by atoms with Crippen LogP contribution in [0.1, 0.15) is 16.4 Å². The zero-order chi connectivity index (χ0) is 10.1. The van der Waals surface area contributed by atoms with Gasteiger partial charge in [0.15, 0.2) is 0 Å². The summed E-state index contributed by atoms with van der Waals surface area (Å²) in [6.45, 7) is 0. The van der Waals surface area contributed by atoms with Gasteiger partial charge in [-0.15, -0.1) is 11.8 Å². The van der Waals surface area contributed by atoms with Gasteiger partial charge < -0.3 is 4.79 Å². The van der Waals surface area contributed by atoms with E-state index in [0.29, 0.717) is 22.6 Å². The van der Waals surface area contributed by atoms with Crippen molar-refractivity contribution in [2.45, 2.75) is 11.1 Å². The molecule has 0 aliphatic carbocycles. The van der Waals surface area contributed by atoms with Crippen LogP contribution in [-0.4, -0.2) is 22.9 Å². The van der Waals surface area contributed by atoms with Gasteiger partial charge in [0.05, 0.1) is 5.03 Å². The lowest BCUT2D eigenvalue weighted by atomic mass is 10.2. The third-order valence-electron chi connectivity index (χ3n) is 2.08. The van der Waals surface area contributed by atoms with Crippen LogP contribution in [0.25, 0.3) is 0 Å². The highest BCUT2D eigenvalue weighted by Crippen LogP contribution is 2.30. The molecule has 0 bridgehead atoms. The zero-order valence-corrected chi connectivity index (χ0v) is 7.99. The van der Waals surface area contributed by atoms with E-state index in [1.165, 1.54) is 22.4 Å². The molecule has 1 aliphatic rings. The maximum atomic E-state index is 11.5. The van der Waals surface area contributed by atoms with Gasteiger partial charge in [0.2, 0.25) is 0 Å². The standard InChI is InChI=1S/C9H7NO3S/c11-3-6-1-8(13)10-7(4-12)5-14-9(10)2-6/h1-4,7H,5H2. The molecule has 2 rings (SSSR count). The molecule has 72 valence electrons. The SMILES string of the molecule is O=Cc1cc2n(c(=O)c1)C(C=O)CS2. The van der Waals surface area contributed by atoms with Crippen LogP contribution in [0.2, 0.25) is 0 Å². The predicted octanol–water partition coefficient (Wildman–Crippen LogP) is 0.506. The highest BCUT2D eigenvalue weighted by Gasteiger charge is 2.23. The molecule has 0 aromatic carbocycles. The number of aldehydes is 2. The number of aromatic nitrogens is 1. The molecule has 1 aliphatic heterocycles. The molecule has 0 spiro atoms. The second-order valence-electron chi connectivity index (χ2n) is 2.97. The van der Waals surface area contributed by atoms with E-state index in [9.17, 15) is 14.4 Å². The summed E-state index contributed by atoms with van der Waals surface area (Å²) in [6.07, 6.45) is 1.39. The summed E-state index contributed by atoms with van der Waals surface area (Å²) in [5.41, 5.74) is 0.0759. The van der Waals surface area contributed by atoms with Crippen molar-refractivity contribution >= 4 is 24.3 Å². The van der Waals surface area contributed by atoms with Crippen LogP contribution in [-0.2, 0) is 4.79 Å². The maximum Gasteiger partial charge on any atom is 0.252 e. The summed E-state index contributed by atoms with van der Waals surface area (Å²) < 4.78 is 1.42. The molecule has 5 heteroatoms. The number of carbonyl (C=O) groups excluding carboxylic acids is 2. The van der Waals surface area contributed by atoms with Gasteiger partial charge in [0, 0.05) is 17.4 Å². The zero-order valence-electron chi connectivity index (χ0n) is 7.17. The molecule has 0 radical (unpaired) electrons. The molecule has 1 aromatic rings. The third-order valence-corrected chi connectivity index (χ3v) is 3.20. The van der Waals surface area contributed by atoms with Crippen molar-refractivity contribution in [3.8, 4) is 0 Å². The van der Waals surface area contributed by atoms with Gasteiger partial charge in [-0.3, -0.25) is 14.2 Å². The van der Waals surface area contributed by atoms with Crippen molar-refractivity contribution in [1.29, 1.82) is 0 Å². The Hall–Kier alpha value is -1.36. The minimum Gasteiger partial charge on any atom is -0.301 e. The highest BCUT2D eigenvalue weighted by molar-refractivity contribution is 7.99. The molecule has 1 unspecified atom stereocenters. The molecule has 0 N–H and O–H groups in total. The number of nitrogens with zero attached hydrogens (tertiary/aromatic N) is 1. The van der Waals surface area contributed by atoms with Crippen LogP contribution >= 0.6 is 11.8 Å². The van der Waals surface area contributed by atoms with E-state index in [4.69, 9.17) is 0 Å². The number of rotatable bonds is 2. The molecule has 1 atom stereocenters. The van der Waals surface area contributed by atoms with Crippen LogP contribution in [0.5, 0.6) is 0 Å². The van der Waals surface area contributed by atoms with Gasteiger partial charge in [0.1, 0.15) is 18.6 Å². The van der Waals surface area contributed by atoms with Crippen LogP contribution < -0.4 is 5.56 Å². The lowest BCUT2D eigenvalue weighted by Crippen LogP contribution is -2.24. The monoisotopic (exact) mass is 209 g/mol. The van der Waals surface area contributed by atoms with Gasteiger partial charge in [-0.2, -0.15) is 0 Å². The number of pyridine rings is 1. The topological polar surface area (TPSA) is 56.1 Å². The van der Waals surface area contributed by atoms with E-state index < -0.39 is 0 Å². The first-order chi connectivity index (χ1) is 6.76. The van der Waals surface area contributed by atoms with E-state index >= 15 is 0 Å². The molecule has 0 fully saturated rings. The number of hydrogen-bond acceptors (Lipinski definition) is 4. The van der Waals surface area contributed by atoms with Crippen LogP contribution in [0.15, 0.2) is 22.0 Å². The molecule has 2 heterocycles. The second kappa shape index (κ2) is 3.42. The molecular weight excluding hydrogens is 202 g/mol. The van der Waals surface area contributed by atoms with Gasteiger partial charge in [-0.1, -0.05) is 0 Å². The fraction of sp³-hybridized carbons (Fsp3) is 0.222. The normalized spacial score (nSPS) is 19.0. The molecular formula is C9H7NO3S. The Morgan fingerprint density at radius 2 is 2.21 bits per heavy atom. The van der Waals surface area contributed by atoms with Crippen molar-refractivity contribution < 1.29 is 9.59 Å². The van der Waals surface area contributed by atoms with Crippen molar-refractivity contribution in [1.82, 2.24) is 4.57 Å². The average Bonchev–Trinajstić information content (AvgIpc) is 2.61. The van der Waals surface area contributed by atoms with E-state index in [1.807, 2.05) is 0 Å². The first-order valence-corrected chi connectivity index (χ1v) is 5.04. The number of thioether (sulfide) groups is 1. The molecule has 14 heavy (non-hydrogen) atoms. The molecule has 0 amide bonds. The predicted molar refractivity (Wildman–Crippen MR) is 51.9 cm³/mol. The highest BCUT2D eigenvalue weighted by atomic mass is 32.2. The average molecular weight is 209 g/mol. The van der Waals surface area contributed by atoms with Gasteiger partial charge in [-0.05, 0) is 6.07 Å². The van der Waals surface area contributed by atoms with E-state index in [1.54, 1.807) is 6.07 Å². The van der Waals surface area contributed by atoms with Gasteiger partial charge in [0.25, 0.3) is 5.56 Å². The summed E-state index contributed by atoms with van der Waals surface area (Å²) >= 11 is 1.42. The smallest absolute Gasteiger partial charge is 0.252 e. The summed E-state index contributed by atoms with van der Waals surface area (Å²) in [5, 5.41) is 0.691.